The van der Waals surface area contributed by atoms with Crippen LogP contribution in [0, 0.1) is 6.92 Å². The van der Waals surface area contributed by atoms with Crippen molar-refractivity contribution in [3.05, 3.63) is 59.0 Å². The number of aromatic nitrogens is 2. The number of piperidine rings is 1. The van der Waals surface area contributed by atoms with Crippen LogP contribution in [0.4, 0.5) is 28.8 Å². The Kier molecular flexibility index (Phi) is 7.35. The summed E-state index contributed by atoms with van der Waals surface area (Å²) in [6.45, 7) is 3.99. The largest absolute Gasteiger partial charge is 0.495 e. The predicted octanol–water partition coefficient (Wildman–Crippen LogP) is 5.72. The fourth-order valence-electron chi connectivity index (χ4n) is 4.87. The molecule has 0 amide bonds. The number of carboxylic acid groups (broad SMARTS) is 1. The van der Waals surface area contributed by atoms with Crippen molar-refractivity contribution in [2.24, 2.45) is 0 Å². The summed E-state index contributed by atoms with van der Waals surface area (Å²) in [4.78, 5) is 26.5. The molecule has 4 aromatic rings. The highest BCUT2D eigenvalue weighted by Gasteiger charge is 2.23. The molecule has 0 unspecified atom stereocenters. The molecule has 3 heterocycles. The third-order valence-corrected chi connectivity index (χ3v) is 7.95. The summed E-state index contributed by atoms with van der Waals surface area (Å²) in [5.74, 6) is 0.883. The number of methoxy groups -OCH3 is 1. The average Bonchev–Trinajstić information content (AvgIpc) is 3.29. The zero-order valence-electron chi connectivity index (χ0n) is 22.0. The molecule has 0 aliphatic carbocycles. The van der Waals surface area contributed by atoms with Gasteiger partial charge in [-0.1, -0.05) is 6.07 Å². The second kappa shape index (κ2) is 10.8. The SMILES string of the molecule is COc1cc(Nc2nc(Nc3cccc(C(=O)O)c3)c3c(C)csc3n2)ccc1N1CCC(N(C)C)CC1. The molecule has 0 bridgehead atoms. The first-order valence-electron chi connectivity index (χ1n) is 12.5. The number of ether oxygens (including phenoxy) is 1. The van der Waals surface area contributed by atoms with Gasteiger partial charge in [0.2, 0.25) is 5.95 Å². The zero-order chi connectivity index (χ0) is 26.8. The van der Waals surface area contributed by atoms with Gasteiger partial charge in [-0.3, -0.25) is 0 Å². The van der Waals surface area contributed by atoms with Crippen LogP contribution in [-0.2, 0) is 0 Å². The lowest BCUT2D eigenvalue weighted by molar-refractivity contribution is 0.0697. The standard InChI is InChI=1S/C28H32N6O3S/c1-17-16-38-26-24(17)25(29-19-7-5-6-18(14-19)27(35)36)31-28(32-26)30-20-8-9-22(23(15-20)37-4)34-12-10-21(11-13-34)33(2)3/h5-9,14-16,21H,10-13H2,1-4H3,(H,35,36)(H2,29,30,31,32). The van der Waals surface area contributed by atoms with Crippen LogP contribution in [0.15, 0.2) is 47.8 Å². The van der Waals surface area contributed by atoms with Crippen molar-refractivity contribution in [1.82, 2.24) is 14.9 Å². The molecule has 1 aliphatic rings. The molecule has 0 spiro atoms. The number of aromatic carboxylic acids is 1. The average molecular weight is 533 g/mol. The number of benzene rings is 2. The van der Waals surface area contributed by atoms with Gasteiger partial charge in [-0.2, -0.15) is 4.98 Å². The molecule has 9 nitrogen and oxygen atoms in total. The summed E-state index contributed by atoms with van der Waals surface area (Å²) in [7, 11) is 5.98. The number of nitrogens with zero attached hydrogens (tertiary/aromatic N) is 4. The fraction of sp³-hybridized carbons (Fsp3) is 0.321. The van der Waals surface area contributed by atoms with E-state index in [1.807, 2.05) is 30.5 Å². The lowest BCUT2D eigenvalue weighted by atomic mass is 10.0. The highest BCUT2D eigenvalue weighted by atomic mass is 32.1. The number of carboxylic acids is 1. The van der Waals surface area contributed by atoms with E-state index >= 15 is 0 Å². The fourth-order valence-corrected chi connectivity index (χ4v) is 5.79. The van der Waals surface area contributed by atoms with Gasteiger partial charge in [0.15, 0.2) is 0 Å². The second-order valence-electron chi connectivity index (χ2n) is 9.70. The molecule has 198 valence electrons. The van der Waals surface area contributed by atoms with Gasteiger partial charge in [0, 0.05) is 36.6 Å². The van der Waals surface area contributed by atoms with Gasteiger partial charge in [-0.05, 0) is 75.1 Å². The Hall–Kier alpha value is -3.89. The van der Waals surface area contributed by atoms with Crippen LogP contribution >= 0.6 is 11.3 Å². The van der Waals surface area contributed by atoms with Crippen LogP contribution in [0.2, 0.25) is 0 Å². The molecule has 0 saturated carbocycles. The number of carbonyl (C=O) groups is 1. The molecule has 3 N–H and O–H groups in total. The van der Waals surface area contributed by atoms with E-state index in [0.717, 1.165) is 58.8 Å². The summed E-state index contributed by atoms with van der Waals surface area (Å²) in [5, 5.41) is 19.0. The van der Waals surface area contributed by atoms with E-state index in [4.69, 9.17) is 14.7 Å². The van der Waals surface area contributed by atoms with Gasteiger partial charge in [0.1, 0.15) is 16.4 Å². The van der Waals surface area contributed by atoms with Crippen molar-refractivity contribution >= 4 is 56.4 Å². The first-order valence-corrected chi connectivity index (χ1v) is 13.4. The highest BCUT2D eigenvalue weighted by Crippen LogP contribution is 2.36. The van der Waals surface area contributed by atoms with Crippen molar-refractivity contribution in [3.63, 3.8) is 0 Å². The molecule has 1 fully saturated rings. The minimum Gasteiger partial charge on any atom is -0.495 e. The molecule has 10 heteroatoms. The minimum absolute atomic E-state index is 0.207. The number of hydrogen-bond acceptors (Lipinski definition) is 9. The molecule has 38 heavy (non-hydrogen) atoms. The maximum Gasteiger partial charge on any atom is 0.335 e. The summed E-state index contributed by atoms with van der Waals surface area (Å²) >= 11 is 1.54. The third-order valence-electron chi connectivity index (χ3n) is 6.96. The minimum atomic E-state index is -0.977. The van der Waals surface area contributed by atoms with Gasteiger partial charge in [-0.25, -0.2) is 9.78 Å². The lowest BCUT2D eigenvalue weighted by Crippen LogP contribution is -2.42. The Labute approximate surface area is 226 Å². The number of thiophene rings is 1. The molecule has 5 rings (SSSR count). The molecule has 2 aromatic heterocycles. The van der Waals surface area contributed by atoms with Gasteiger partial charge in [0.05, 0.1) is 23.7 Å². The van der Waals surface area contributed by atoms with Crippen molar-refractivity contribution in [2.75, 3.05) is 49.8 Å². The van der Waals surface area contributed by atoms with Crippen molar-refractivity contribution in [3.8, 4) is 5.75 Å². The first-order chi connectivity index (χ1) is 18.3. The molecule has 0 atom stereocenters. The third kappa shape index (κ3) is 5.36. The normalized spacial score (nSPS) is 14.2. The number of aryl methyl sites for hydroxylation is 1. The van der Waals surface area contributed by atoms with E-state index in [-0.39, 0.29) is 5.56 Å². The predicted molar refractivity (Wildman–Crippen MR) is 154 cm³/mol. The van der Waals surface area contributed by atoms with Crippen molar-refractivity contribution in [2.45, 2.75) is 25.8 Å². The van der Waals surface area contributed by atoms with E-state index in [1.165, 1.54) is 0 Å². The van der Waals surface area contributed by atoms with Gasteiger partial charge >= 0.3 is 5.97 Å². The summed E-state index contributed by atoms with van der Waals surface area (Å²) in [5.41, 5.74) is 3.81. The monoisotopic (exact) mass is 532 g/mol. The Morgan fingerprint density at radius 1 is 1.11 bits per heavy atom. The maximum atomic E-state index is 11.4. The molecular weight excluding hydrogens is 500 g/mol. The van der Waals surface area contributed by atoms with Crippen LogP contribution in [0.3, 0.4) is 0 Å². The van der Waals surface area contributed by atoms with Crippen LogP contribution < -0.4 is 20.3 Å². The molecule has 1 saturated heterocycles. The Morgan fingerprint density at radius 3 is 2.58 bits per heavy atom. The lowest BCUT2D eigenvalue weighted by Gasteiger charge is -2.37. The van der Waals surface area contributed by atoms with Crippen LogP contribution in [-0.4, -0.2) is 66.3 Å². The zero-order valence-corrected chi connectivity index (χ0v) is 22.8. The van der Waals surface area contributed by atoms with Crippen molar-refractivity contribution < 1.29 is 14.6 Å². The topological polar surface area (TPSA) is 103 Å². The molecular formula is C28H32N6O3S. The summed E-state index contributed by atoms with van der Waals surface area (Å²) in [6.07, 6.45) is 2.24. The maximum absolute atomic E-state index is 11.4. The van der Waals surface area contributed by atoms with Crippen LogP contribution in [0.25, 0.3) is 10.2 Å². The molecule has 1 aliphatic heterocycles. The van der Waals surface area contributed by atoms with Gasteiger partial charge in [0.25, 0.3) is 0 Å². The number of rotatable bonds is 8. The van der Waals surface area contributed by atoms with E-state index in [0.29, 0.717) is 23.5 Å². The van der Waals surface area contributed by atoms with E-state index in [1.54, 1.807) is 36.6 Å². The Morgan fingerprint density at radius 2 is 1.87 bits per heavy atom. The van der Waals surface area contributed by atoms with Gasteiger partial charge < -0.3 is 30.3 Å². The summed E-state index contributed by atoms with van der Waals surface area (Å²) in [6, 6.07) is 13.4. The Balaban J connectivity index is 1.41. The highest BCUT2D eigenvalue weighted by molar-refractivity contribution is 7.17. The number of fused-ring (bicyclic) bond motifs is 1. The smallest absolute Gasteiger partial charge is 0.335 e. The van der Waals surface area contributed by atoms with E-state index in [2.05, 4.69) is 40.6 Å². The Bertz CT molecular complexity index is 1460. The van der Waals surface area contributed by atoms with Crippen LogP contribution in [0.1, 0.15) is 28.8 Å². The van der Waals surface area contributed by atoms with E-state index < -0.39 is 5.97 Å². The second-order valence-corrected chi connectivity index (χ2v) is 10.6. The number of anilines is 5. The van der Waals surface area contributed by atoms with Crippen molar-refractivity contribution in [1.29, 1.82) is 0 Å². The van der Waals surface area contributed by atoms with E-state index in [9.17, 15) is 9.90 Å². The van der Waals surface area contributed by atoms with Crippen LogP contribution in [0.5, 0.6) is 5.75 Å². The first kappa shape index (κ1) is 25.7. The quantitative estimate of drug-likeness (QED) is 0.263. The van der Waals surface area contributed by atoms with Gasteiger partial charge in [-0.15, -0.1) is 11.3 Å². The number of hydrogen-bond donors (Lipinski definition) is 3. The summed E-state index contributed by atoms with van der Waals surface area (Å²) < 4.78 is 5.77. The number of nitrogens with one attached hydrogen (secondary N) is 2. The molecule has 2 aromatic carbocycles. The molecule has 0 radical (unpaired) electrons.